The van der Waals surface area contributed by atoms with E-state index in [1.807, 2.05) is 0 Å². The number of rotatable bonds is 4. The van der Waals surface area contributed by atoms with Gasteiger partial charge in [0, 0.05) is 16.9 Å². The lowest BCUT2D eigenvalue weighted by Gasteiger charge is -2.17. The standard InChI is InChI=1S/C14H14ClF3O2/c1-8(2)11(13(19)20)6-4-9-3-5-10(7-12(9)15)14(16,17)18/h3-8,11H,1-2H3,(H,19,20)/p-1. The molecule has 0 aliphatic heterocycles. The third-order valence-electron chi connectivity index (χ3n) is 2.80. The molecule has 1 rings (SSSR count). The van der Waals surface area contributed by atoms with E-state index >= 15 is 0 Å². The van der Waals surface area contributed by atoms with Crippen molar-refractivity contribution in [3.05, 3.63) is 40.4 Å². The number of benzene rings is 1. The van der Waals surface area contributed by atoms with Gasteiger partial charge >= 0.3 is 6.18 Å². The van der Waals surface area contributed by atoms with Gasteiger partial charge in [0.2, 0.25) is 0 Å². The van der Waals surface area contributed by atoms with Crippen molar-refractivity contribution in [3.63, 3.8) is 0 Å². The van der Waals surface area contributed by atoms with E-state index in [-0.39, 0.29) is 10.9 Å². The van der Waals surface area contributed by atoms with E-state index in [1.54, 1.807) is 13.8 Å². The zero-order valence-electron chi connectivity index (χ0n) is 10.9. The van der Waals surface area contributed by atoms with E-state index in [1.165, 1.54) is 18.2 Å². The molecule has 0 spiro atoms. The van der Waals surface area contributed by atoms with E-state index in [9.17, 15) is 23.1 Å². The normalized spacial score (nSPS) is 13.9. The molecule has 2 nitrogen and oxygen atoms in total. The van der Waals surface area contributed by atoms with Gasteiger partial charge in [0.15, 0.2) is 0 Å². The second kappa shape index (κ2) is 6.31. The first-order chi connectivity index (χ1) is 9.12. The molecule has 1 aromatic rings. The second-order valence-corrected chi connectivity index (χ2v) is 5.09. The van der Waals surface area contributed by atoms with Crippen LogP contribution in [0, 0.1) is 11.8 Å². The molecule has 0 saturated carbocycles. The van der Waals surface area contributed by atoms with E-state index in [0.717, 1.165) is 12.1 Å². The van der Waals surface area contributed by atoms with Crippen LogP contribution in [0.4, 0.5) is 13.2 Å². The molecular formula is C14H13ClF3O2-. The lowest BCUT2D eigenvalue weighted by molar-refractivity contribution is -0.310. The van der Waals surface area contributed by atoms with Crippen LogP contribution < -0.4 is 5.11 Å². The van der Waals surface area contributed by atoms with Crippen molar-refractivity contribution in [2.24, 2.45) is 11.8 Å². The van der Waals surface area contributed by atoms with Crippen LogP contribution in [-0.2, 0) is 11.0 Å². The molecule has 1 unspecified atom stereocenters. The summed E-state index contributed by atoms with van der Waals surface area (Å²) in [6, 6.07) is 2.91. The molecule has 0 aromatic heterocycles. The van der Waals surface area contributed by atoms with Crippen molar-refractivity contribution in [1.82, 2.24) is 0 Å². The summed E-state index contributed by atoms with van der Waals surface area (Å²) in [6.07, 6.45) is -1.70. The van der Waals surface area contributed by atoms with Gasteiger partial charge in [0.25, 0.3) is 0 Å². The zero-order chi connectivity index (χ0) is 15.5. The maximum absolute atomic E-state index is 12.5. The van der Waals surface area contributed by atoms with Crippen molar-refractivity contribution in [2.75, 3.05) is 0 Å². The maximum Gasteiger partial charge on any atom is 0.416 e. The van der Waals surface area contributed by atoms with Crippen molar-refractivity contribution >= 4 is 23.6 Å². The Hall–Kier alpha value is -1.49. The van der Waals surface area contributed by atoms with Gasteiger partial charge in [-0.05, 0) is 23.6 Å². The molecule has 20 heavy (non-hydrogen) atoms. The summed E-state index contributed by atoms with van der Waals surface area (Å²) in [6.45, 7) is 3.42. The number of carbonyl (C=O) groups is 1. The molecule has 0 aliphatic rings. The fraction of sp³-hybridized carbons (Fsp3) is 0.357. The molecule has 0 N–H and O–H groups in total. The highest BCUT2D eigenvalue weighted by Crippen LogP contribution is 2.32. The van der Waals surface area contributed by atoms with Crippen LogP contribution in [0.15, 0.2) is 24.3 Å². The summed E-state index contributed by atoms with van der Waals surface area (Å²) in [5, 5.41) is 10.8. The summed E-state index contributed by atoms with van der Waals surface area (Å²) >= 11 is 5.76. The summed E-state index contributed by atoms with van der Waals surface area (Å²) in [5.74, 6) is -2.25. The minimum absolute atomic E-state index is 0.0862. The van der Waals surface area contributed by atoms with Crippen molar-refractivity contribution in [3.8, 4) is 0 Å². The monoisotopic (exact) mass is 305 g/mol. The van der Waals surface area contributed by atoms with Crippen LogP contribution in [0.25, 0.3) is 6.08 Å². The van der Waals surface area contributed by atoms with Crippen LogP contribution in [0.1, 0.15) is 25.0 Å². The second-order valence-electron chi connectivity index (χ2n) is 4.68. The topological polar surface area (TPSA) is 40.1 Å². The molecule has 0 radical (unpaired) electrons. The Morgan fingerprint density at radius 2 is 1.95 bits per heavy atom. The molecule has 0 saturated heterocycles. The van der Waals surface area contributed by atoms with Crippen LogP contribution in [0.2, 0.25) is 5.02 Å². The number of carboxylic acids is 1. The highest BCUT2D eigenvalue weighted by atomic mass is 35.5. The Morgan fingerprint density at radius 3 is 2.35 bits per heavy atom. The number of carboxylic acid groups (broad SMARTS) is 1. The van der Waals surface area contributed by atoms with Crippen molar-refractivity contribution in [2.45, 2.75) is 20.0 Å². The molecule has 0 fully saturated rings. The number of aliphatic carboxylic acids is 1. The first-order valence-corrected chi connectivity index (χ1v) is 6.26. The molecule has 1 atom stereocenters. The van der Waals surface area contributed by atoms with E-state index in [2.05, 4.69) is 0 Å². The number of carbonyl (C=O) groups excluding carboxylic acids is 1. The summed E-state index contributed by atoms with van der Waals surface area (Å²) in [7, 11) is 0. The third kappa shape index (κ3) is 4.27. The molecule has 0 heterocycles. The molecule has 1 aromatic carbocycles. The Labute approximate surface area is 119 Å². The number of alkyl halides is 3. The summed E-state index contributed by atoms with van der Waals surface area (Å²) in [4.78, 5) is 10.9. The van der Waals surface area contributed by atoms with Gasteiger partial charge in [-0.1, -0.05) is 43.7 Å². The van der Waals surface area contributed by atoms with Gasteiger partial charge in [0.1, 0.15) is 0 Å². The molecule has 6 heteroatoms. The zero-order valence-corrected chi connectivity index (χ0v) is 11.6. The molecule has 0 amide bonds. The average Bonchev–Trinajstić information content (AvgIpc) is 2.28. The van der Waals surface area contributed by atoms with Crippen molar-refractivity contribution < 1.29 is 23.1 Å². The fourth-order valence-electron chi connectivity index (χ4n) is 1.62. The average molecular weight is 306 g/mol. The minimum atomic E-state index is -4.46. The van der Waals surface area contributed by atoms with Gasteiger partial charge in [-0.3, -0.25) is 0 Å². The number of hydrogen-bond donors (Lipinski definition) is 0. The van der Waals surface area contributed by atoms with Crippen LogP contribution in [-0.4, -0.2) is 5.97 Å². The van der Waals surface area contributed by atoms with Gasteiger partial charge in [-0.25, -0.2) is 0 Å². The lowest BCUT2D eigenvalue weighted by atomic mass is 9.95. The van der Waals surface area contributed by atoms with Gasteiger partial charge in [-0.2, -0.15) is 13.2 Å². The van der Waals surface area contributed by atoms with Gasteiger partial charge in [-0.15, -0.1) is 0 Å². The van der Waals surface area contributed by atoms with Crippen LogP contribution >= 0.6 is 11.6 Å². The first-order valence-electron chi connectivity index (χ1n) is 5.88. The summed E-state index contributed by atoms with van der Waals surface area (Å²) in [5.41, 5.74) is -0.522. The van der Waals surface area contributed by atoms with Crippen LogP contribution in [0.3, 0.4) is 0 Å². The van der Waals surface area contributed by atoms with Crippen LogP contribution in [0.5, 0.6) is 0 Å². The quantitative estimate of drug-likeness (QED) is 0.855. The lowest BCUT2D eigenvalue weighted by Crippen LogP contribution is -2.33. The van der Waals surface area contributed by atoms with E-state index in [0.29, 0.717) is 5.56 Å². The summed E-state index contributed by atoms with van der Waals surface area (Å²) < 4.78 is 37.4. The highest BCUT2D eigenvalue weighted by molar-refractivity contribution is 6.32. The molecular weight excluding hydrogens is 293 g/mol. The number of hydrogen-bond acceptors (Lipinski definition) is 2. The van der Waals surface area contributed by atoms with E-state index < -0.39 is 23.6 Å². The van der Waals surface area contributed by atoms with Gasteiger partial charge in [0.05, 0.1) is 5.56 Å². The third-order valence-corrected chi connectivity index (χ3v) is 3.13. The van der Waals surface area contributed by atoms with E-state index in [4.69, 9.17) is 11.6 Å². The predicted octanol–water partition coefficient (Wildman–Crippen LogP) is 3.39. The molecule has 110 valence electrons. The fourth-order valence-corrected chi connectivity index (χ4v) is 1.86. The Morgan fingerprint density at radius 1 is 1.35 bits per heavy atom. The predicted molar refractivity (Wildman–Crippen MR) is 68.8 cm³/mol. The largest absolute Gasteiger partial charge is 0.550 e. The number of halogens is 4. The Bertz CT molecular complexity index is 522. The Balaban J connectivity index is 3.02. The first kappa shape index (κ1) is 16.6. The maximum atomic E-state index is 12.5. The SMILES string of the molecule is CC(C)C(C=Cc1ccc(C(F)(F)F)cc1Cl)C(=O)[O-]. The van der Waals surface area contributed by atoms with Gasteiger partial charge < -0.3 is 9.90 Å². The Kier molecular flexibility index (Phi) is 5.22. The van der Waals surface area contributed by atoms with Crippen molar-refractivity contribution in [1.29, 1.82) is 0 Å². The molecule has 0 bridgehead atoms. The smallest absolute Gasteiger partial charge is 0.416 e. The minimum Gasteiger partial charge on any atom is -0.550 e. The molecule has 0 aliphatic carbocycles. The highest BCUT2D eigenvalue weighted by Gasteiger charge is 2.30.